The van der Waals surface area contributed by atoms with Crippen LogP contribution in [0.1, 0.15) is 36.3 Å². The Morgan fingerprint density at radius 1 is 1.14 bits per heavy atom. The number of likely N-dealkylation sites (tertiary alicyclic amines) is 1. The van der Waals surface area contributed by atoms with Crippen molar-refractivity contribution >= 4 is 22.0 Å². The predicted molar refractivity (Wildman–Crippen MR) is 106 cm³/mol. The van der Waals surface area contributed by atoms with Crippen LogP contribution in [0.2, 0.25) is 0 Å². The molecule has 2 aliphatic rings. The number of hydrogen-bond donors (Lipinski definition) is 3. The van der Waals surface area contributed by atoms with Crippen molar-refractivity contribution in [2.24, 2.45) is 5.73 Å². The molecule has 2 atom stereocenters. The van der Waals surface area contributed by atoms with E-state index in [-0.39, 0.29) is 32.0 Å². The summed E-state index contributed by atoms with van der Waals surface area (Å²) >= 11 is 0. The summed E-state index contributed by atoms with van der Waals surface area (Å²) in [5.41, 5.74) is 4.95. The van der Waals surface area contributed by atoms with E-state index >= 15 is 0 Å². The largest absolute Gasteiger partial charge is 0.479 e. The molecule has 0 saturated carbocycles. The zero-order valence-electron chi connectivity index (χ0n) is 16.3. The number of carbonyl (C=O) groups excluding carboxylic acids is 1. The lowest BCUT2D eigenvalue weighted by molar-refractivity contribution is -0.162. The molecule has 2 heterocycles. The highest BCUT2D eigenvalue weighted by Crippen LogP contribution is 2.35. The quantitative estimate of drug-likeness (QED) is 0.640. The molecule has 2 aliphatic heterocycles. The molecule has 2 amide bonds. The molecule has 10 heteroatoms. The van der Waals surface area contributed by atoms with Gasteiger partial charge in [-0.3, -0.25) is 0 Å². The van der Waals surface area contributed by atoms with E-state index in [1.807, 2.05) is 31.2 Å². The van der Waals surface area contributed by atoms with Gasteiger partial charge >= 0.3 is 12.0 Å². The van der Waals surface area contributed by atoms with Crippen LogP contribution in [0.5, 0.6) is 0 Å². The van der Waals surface area contributed by atoms with Gasteiger partial charge in [-0.05, 0) is 43.2 Å². The maximum Gasteiger partial charge on any atom is 0.339 e. The number of hydrogen-bond acceptors (Lipinski definition) is 5. The van der Waals surface area contributed by atoms with Crippen molar-refractivity contribution < 1.29 is 28.2 Å². The van der Waals surface area contributed by atoms with Gasteiger partial charge in [0.05, 0.1) is 6.54 Å². The first-order valence-electron chi connectivity index (χ1n) is 9.62. The van der Waals surface area contributed by atoms with Crippen LogP contribution in [0.4, 0.5) is 4.79 Å². The normalized spacial score (nSPS) is 27.0. The molecule has 29 heavy (non-hydrogen) atoms. The number of benzene rings is 1. The van der Waals surface area contributed by atoms with Crippen LogP contribution < -0.4 is 5.73 Å². The SMILES string of the molecule is Cc1ccccc1C1CCN(S(=O)(=O)C2CCN(C(N)=O)CC2(O)C(=O)O)CC1. The van der Waals surface area contributed by atoms with E-state index in [4.69, 9.17) is 5.73 Å². The molecule has 9 nitrogen and oxygen atoms in total. The van der Waals surface area contributed by atoms with Gasteiger partial charge in [-0.25, -0.2) is 22.3 Å². The van der Waals surface area contributed by atoms with Gasteiger partial charge in [0.25, 0.3) is 0 Å². The Morgan fingerprint density at radius 2 is 1.76 bits per heavy atom. The summed E-state index contributed by atoms with van der Waals surface area (Å²) in [6.07, 6.45) is 1.05. The first kappa shape index (κ1) is 21.5. The molecule has 0 spiro atoms. The lowest BCUT2D eigenvalue weighted by Gasteiger charge is -2.43. The molecule has 1 aromatic rings. The number of nitrogens with zero attached hydrogens (tertiary/aromatic N) is 2. The number of piperidine rings is 2. The number of β-amino-alcohol motifs (C(OH)–C–C–N with tert-alkyl or cyclic N) is 1. The van der Waals surface area contributed by atoms with Crippen molar-refractivity contribution in [3.05, 3.63) is 35.4 Å². The molecule has 1 aromatic carbocycles. The van der Waals surface area contributed by atoms with Crippen molar-refractivity contribution in [3.8, 4) is 0 Å². The van der Waals surface area contributed by atoms with Gasteiger partial charge in [0, 0.05) is 19.6 Å². The number of carboxylic acid groups (broad SMARTS) is 1. The summed E-state index contributed by atoms with van der Waals surface area (Å²) in [4.78, 5) is 24.1. The summed E-state index contributed by atoms with van der Waals surface area (Å²) in [6.45, 7) is 1.87. The van der Waals surface area contributed by atoms with E-state index in [9.17, 15) is 28.2 Å². The Morgan fingerprint density at radius 3 is 2.31 bits per heavy atom. The smallest absolute Gasteiger partial charge is 0.339 e. The Labute approximate surface area is 170 Å². The summed E-state index contributed by atoms with van der Waals surface area (Å²) in [7, 11) is -4.08. The number of rotatable bonds is 4. The molecule has 2 saturated heterocycles. The number of carboxylic acids is 1. The predicted octanol–water partition coefficient (Wildman–Crippen LogP) is 0.473. The Bertz CT molecular complexity index is 897. The first-order chi connectivity index (χ1) is 13.6. The van der Waals surface area contributed by atoms with E-state index in [1.54, 1.807) is 0 Å². The number of sulfonamides is 1. The van der Waals surface area contributed by atoms with Crippen molar-refractivity contribution in [2.75, 3.05) is 26.2 Å². The van der Waals surface area contributed by atoms with Crippen molar-refractivity contribution in [2.45, 2.75) is 43.0 Å². The average molecular weight is 426 g/mol. The van der Waals surface area contributed by atoms with Crippen LogP contribution in [-0.4, -0.2) is 76.9 Å². The zero-order valence-corrected chi connectivity index (χ0v) is 17.1. The maximum absolute atomic E-state index is 13.2. The molecule has 4 N–H and O–H groups in total. The third-order valence-corrected chi connectivity index (χ3v) is 8.54. The molecule has 2 unspecified atom stereocenters. The third kappa shape index (κ3) is 3.96. The summed E-state index contributed by atoms with van der Waals surface area (Å²) in [6, 6.07) is 7.11. The van der Waals surface area contributed by atoms with E-state index < -0.39 is 39.4 Å². The van der Waals surface area contributed by atoms with E-state index in [2.05, 4.69) is 0 Å². The van der Waals surface area contributed by atoms with Crippen LogP contribution in [0.25, 0.3) is 0 Å². The van der Waals surface area contributed by atoms with Gasteiger partial charge in [-0.15, -0.1) is 0 Å². The number of primary amides is 1. The minimum absolute atomic E-state index is 0.0194. The van der Waals surface area contributed by atoms with Crippen molar-refractivity contribution in [1.29, 1.82) is 0 Å². The summed E-state index contributed by atoms with van der Waals surface area (Å²) in [5.74, 6) is -1.44. The molecule has 2 fully saturated rings. The fourth-order valence-corrected chi connectivity index (χ4v) is 6.57. The van der Waals surface area contributed by atoms with Gasteiger partial charge in [-0.2, -0.15) is 0 Å². The number of aryl methyl sites for hydroxylation is 1. The molecule has 0 radical (unpaired) electrons. The number of nitrogens with two attached hydrogens (primary N) is 1. The number of carbonyl (C=O) groups is 2. The molecule has 160 valence electrons. The average Bonchev–Trinajstić information content (AvgIpc) is 2.68. The summed E-state index contributed by atoms with van der Waals surface area (Å²) < 4.78 is 27.7. The topological polar surface area (TPSA) is 141 Å². The Hall–Kier alpha value is -2.17. The van der Waals surface area contributed by atoms with Crippen LogP contribution in [-0.2, 0) is 14.8 Å². The first-order valence-corrected chi connectivity index (χ1v) is 11.1. The minimum atomic E-state index is -4.08. The highest BCUT2D eigenvalue weighted by molar-refractivity contribution is 7.89. The zero-order chi connectivity index (χ0) is 21.4. The number of aliphatic hydroxyl groups is 1. The molecule has 0 aliphatic carbocycles. The van der Waals surface area contributed by atoms with Gasteiger partial charge in [0.15, 0.2) is 5.60 Å². The van der Waals surface area contributed by atoms with E-state index in [1.165, 1.54) is 9.87 Å². The summed E-state index contributed by atoms with van der Waals surface area (Å²) in [5, 5.41) is 18.7. The fraction of sp³-hybridized carbons (Fsp3) is 0.579. The Kier molecular flexibility index (Phi) is 5.88. The monoisotopic (exact) mass is 425 g/mol. The third-order valence-electron chi connectivity index (χ3n) is 6.11. The molecular formula is C19H27N3O6S. The van der Waals surface area contributed by atoms with Gasteiger partial charge in [-0.1, -0.05) is 24.3 Å². The number of aliphatic carboxylic acids is 1. The van der Waals surface area contributed by atoms with Crippen LogP contribution in [0.3, 0.4) is 0 Å². The van der Waals surface area contributed by atoms with E-state index in [0.29, 0.717) is 12.8 Å². The van der Waals surface area contributed by atoms with Crippen LogP contribution in [0, 0.1) is 6.92 Å². The minimum Gasteiger partial charge on any atom is -0.479 e. The molecule has 0 aromatic heterocycles. The molecular weight excluding hydrogens is 398 g/mol. The lowest BCUT2D eigenvalue weighted by Crippen LogP contribution is -2.66. The lowest BCUT2D eigenvalue weighted by atomic mass is 9.87. The van der Waals surface area contributed by atoms with Crippen molar-refractivity contribution in [3.63, 3.8) is 0 Å². The fourth-order valence-electron chi connectivity index (χ4n) is 4.42. The van der Waals surface area contributed by atoms with Gasteiger partial charge in [0.1, 0.15) is 5.25 Å². The Balaban J connectivity index is 1.78. The highest BCUT2D eigenvalue weighted by atomic mass is 32.2. The van der Waals surface area contributed by atoms with Gasteiger partial charge < -0.3 is 20.8 Å². The second-order valence-corrected chi connectivity index (χ2v) is 9.96. The standard InChI is InChI=1S/C19H27N3O6S/c1-13-4-2-3-5-15(13)14-6-10-22(11-7-14)29(27,28)16-8-9-21(18(20)25)12-19(16,26)17(23)24/h2-5,14,16,26H,6-12H2,1H3,(H2,20,25)(H,23,24). The second-order valence-electron chi connectivity index (χ2n) is 7.84. The number of amides is 2. The van der Waals surface area contributed by atoms with Gasteiger partial charge in [0.2, 0.25) is 10.0 Å². The van der Waals surface area contributed by atoms with Crippen molar-refractivity contribution in [1.82, 2.24) is 9.21 Å². The van der Waals surface area contributed by atoms with E-state index in [0.717, 1.165) is 10.5 Å². The highest BCUT2D eigenvalue weighted by Gasteiger charge is 2.56. The second kappa shape index (κ2) is 7.92. The van der Waals surface area contributed by atoms with Crippen LogP contribution in [0.15, 0.2) is 24.3 Å². The maximum atomic E-state index is 13.2. The molecule has 0 bridgehead atoms. The number of urea groups is 1. The van der Waals surface area contributed by atoms with Crippen LogP contribution >= 0.6 is 0 Å². The molecule has 3 rings (SSSR count).